The number of hydrogen-bond acceptors (Lipinski definition) is 3. The summed E-state index contributed by atoms with van der Waals surface area (Å²) in [5, 5.41) is 3.54. The molecule has 0 fully saturated rings. The zero-order chi connectivity index (χ0) is 13.5. The fraction of sp³-hybridized carbons (Fsp3) is 0.500. The first kappa shape index (κ1) is 14.9. The maximum atomic E-state index is 11.8. The minimum Gasteiger partial charge on any atom is -0.399 e. The highest BCUT2D eigenvalue weighted by atomic mass is 32.2. The minimum atomic E-state index is 0.0682. The topological polar surface area (TPSA) is 55.1 Å². The summed E-state index contributed by atoms with van der Waals surface area (Å²) in [5.41, 5.74) is 8.24. The minimum absolute atomic E-state index is 0.0682. The molecule has 1 aromatic rings. The van der Waals surface area contributed by atoms with Crippen molar-refractivity contribution < 1.29 is 4.79 Å². The van der Waals surface area contributed by atoms with Crippen LogP contribution >= 0.6 is 11.8 Å². The van der Waals surface area contributed by atoms with Crippen molar-refractivity contribution in [2.75, 3.05) is 16.8 Å². The van der Waals surface area contributed by atoms with Crippen molar-refractivity contribution in [3.05, 3.63) is 23.8 Å². The fourth-order valence-electron chi connectivity index (χ4n) is 1.51. The van der Waals surface area contributed by atoms with Crippen LogP contribution in [0.1, 0.15) is 32.3 Å². The normalized spacial score (nSPS) is 12.2. The summed E-state index contributed by atoms with van der Waals surface area (Å²) in [4.78, 5) is 11.8. The molecular formula is C14H22N2OS. The van der Waals surface area contributed by atoms with E-state index in [2.05, 4.69) is 19.2 Å². The average molecular weight is 266 g/mol. The summed E-state index contributed by atoms with van der Waals surface area (Å²) in [7, 11) is 0. The third kappa shape index (κ3) is 5.00. The number of benzene rings is 1. The fourth-order valence-corrected chi connectivity index (χ4v) is 2.45. The molecule has 0 saturated carbocycles. The van der Waals surface area contributed by atoms with E-state index in [0.29, 0.717) is 11.7 Å². The molecule has 0 aliphatic rings. The molecule has 0 spiro atoms. The Balaban J connectivity index is 2.40. The van der Waals surface area contributed by atoms with E-state index in [4.69, 9.17) is 5.73 Å². The molecule has 100 valence electrons. The molecule has 0 aliphatic carbocycles. The van der Waals surface area contributed by atoms with Gasteiger partial charge in [0.15, 0.2) is 0 Å². The van der Waals surface area contributed by atoms with E-state index in [0.717, 1.165) is 29.1 Å². The van der Waals surface area contributed by atoms with Gasteiger partial charge in [0.05, 0.1) is 0 Å². The highest BCUT2D eigenvalue weighted by Gasteiger charge is 2.06. The summed E-state index contributed by atoms with van der Waals surface area (Å²) in [6.07, 6.45) is 1.70. The predicted molar refractivity (Wildman–Crippen MR) is 81.0 cm³/mol. The number of thioether (sulfide) groups is 1. The molecule has 0 aliphatic heterocycles. The van der Waals surface area contributed by atoms with Crippen molar-refractivity contribution >= 4 is 29.0 Å². The highest BCUT2D eigenvalue weighted by Crippen LogP contribution is 2.19. The third-order valence-corrected chi connectivity index (χ3v) is 4.17. The van der Waals surface area contributed by atoms with Gasteiger partial charge in [-0.15, -0.1) is 0 Å². The van der Waals surface area contributed by atoms with Crippen LogP contribution in [0.4, 0.5) is 11.4 Å². The lowest BCUT2D eigenvalue weighted by molar-refractivity contribution is -0.115. The molecule has 0 bridgehead atoms. The molecule has 18 heavy (non-hydrogen) atoms. The van der Waals surface area contributed by atoms with Gasteiger partial charge in [-0.2, -0.15) is 11.8 Å². The zero-order valence-electron chi connectivity index (χ0n) is 11.3. The number of nitrogen functional groups attached to an aromatic ring is 1. The van der Waals surface area contributed by atoms with Crippen LogP contribution in [0, 0.1) is 6.92 Å². The lowest BCUT2D eigenvalue weighted by Gasteiger charge is -2.10. The van der Waals surface area contributed by atoms with E-state index in [-0.39, 0.29) is 5.91 Å². The second-order valence-corrected chi connectivity index (χ2v) is 6.01. The molecule has 0 heterocycles. The largest absolute Gasteiger partial charge is 0.399 e. The van der Waals surface area contributed by atoms with Crippen LogP contribution < -0.4 is 11.1 Å². The van der Waals surface area contributed by atoms with Gasteiger partial charge in [-0.25, -0.2) is 0 Å². The van der Waals surface area contributed by atoms with Gasteiger partial charge in [0, 0.05) is 28.8 Å². The molecule has 4 heteroatoms. The first-order valence-corrected chi connectivity index (χ1v) is 7.35. The Morgan fingerprint density at radius 3 is 2.83 bits per heavy atom. The molecule has 1 amide bonds. The Morgan fingerprint density at radius 1 is 1.50 bits per heavy atom. The molecule has 3 N–H and O–H groups in total. The van der Waals surface area contributed by atoms with Gasteiger partial charge in [0.2, 0.25) is 5.91 Å². The molecule has 1 unspecified atom stereocenters. The number of carbonyl (C=O) groups excluding carboxylic acids is 1. The van der Waals surface area contributed by atoms with Crippen molar-refractivity contribution in [1.82, 2.24) is 0 Å². The number of aryl methyl sites for hydroxylation is 1. The molecule has 1 rings (SSSR count). The van der Waals surface area contributed by atoms with E-state index in [9.17, 15) is 4.79 Å². The van der Waals surface area contributed by atoms with Crippen LogP contribution in [0.15, 0.2) is 18.2 Å². The highest BCUT2D eigenvalue weighted by molar-refractivity contribution is 7.99. The Bertz CT molecular complexity index is 407. The smallest absolute Gasteiger partial charge is 0.225 e. The monoisotopic (exact) mass is 266 g/mol. The van der Waals surface area contributed by atoms with E-state index >= 15 is 0 Å². The van der Waals surface area contributed by atoms with Crippen LogP contribution in [0.5, 0.6) is 0 Å². The average Bonchev–Trinajstić information content (AvgIpc) is 2.32. The second kappa shape index (κ2) is 7.31. The number of nitrogens with two attached hydrogens (primary N) is 1. The van der Waals surface area contributed by atoms with Gasteiger partial charge >= 0.3 is 0 Å². The molecular weight excluding hydrogens is 244 g/mol. The SMILES string of the molecule is CCC(C)SCCC(=O)Nc1ccc(N)cc1C. The summed E-state index contributed by atoms with van der Waals surface area (Å²) >= 11 is 1.84. The number of nitrogens with one attached hydrogen (secondary N) is 1. The van der Waals surface area contributed by atoms with E-state index in [1.807, 2.05) is 30.8 Å². The van der Waals surface area contributed by atoms with Crippen molar-refractivity contribution in [3.8, 4) is 0 Å². The van der Waals surface area contributed by atoms with Crippen molar-refractivity contribution in [3.63, 3.8) is 0 Å². The van der Waals surface area contributed by atoms with Gasteiger partial charge < -0.3 is 11.1 Å². The van der Waals surface area contributed by atoms with Crippen LogP contribution in [0.2, 0.25) is 0 Å². The third-order valence-electron chi connectivity index (χ3n) is 2.83. The molecule has 0 saturated heterocycles. The first-order chi connectivity index (χ1) is 8.52. The van der Waals surface area contributed by atoms with Crippen LogP contribution in [-0.2, 0) is 4.79 Å². The quantitative estimate of drug-likeness (QED) is 0.776. The summed E-state index contributed by atoms with van der Waals surface area (Å²) in [6.45, 7) is 6.29. The summed E-state index contributed by atoms with van der Waals surface area (Å²) in [6, 6.07) is 5.52. The number of amides is 1. The Morgan fingerprint density at radius 2 is 2.22 bits per heavy atom. The number of hydrogen-bond donors (Lipinski definition) is 2. The summed E-state index contributed by atoms with van der Waals surface area (Å²) < 4.78 is 0. The molecule has 1 aromatic carbocycles. The molecule has 3 nitrogen and oxygen atoms in total. The standard InChI is InChI=1S/C14H22N2OS/c1-4-11(3)18-8-7-14(17)16-13-6-5-12(15)9-10(13)2/h5-6,9,11H,4,7-8,15H2,1-3H3,(H,16,17). The Kier molecular flexibility index (Phi) is 6.05. The van der Waals surface area contributed by atoms with Crippen LogP contribution in [0.25, 0.3) is 0 Å². The van der Waals surface area contributed by atoms with Crippen molar-refractivity contribution in [2.45, 2.75) is 38.9 Å². The predicted octanol–water partition coefficient (Wildman–Crippen LogP) is 3.44. The van der Waals surface area contributed by atoms with Gasteiger partial charge in [-0.3, -0.25) is 4.79 Å². The van der Waals surface area contributed by atoms with Crippen LogP contribution in [0.3, 0.4) is 0 Å². The van der Waals surface area contributed by atoms with E-state index < -0.39 is 0 Å². The zero-order valence-corrected chi connectivity index (χ0v) is 12.1. The van der Waals surface area contributed by atoms with Gasteiger partial charge in [-0.05, 0) is 37.1 Å². The van der Waals surface area contributed by atoms with Gasteiger partial charge in [0.1, 0.15) is 0 Å². The Hall–Kier alpha value is -1.16. The van der Waals surface area contributed by atoms with Gasteiger partial charge in [0.25, 0.3) is 0 Å². The molecule has 0 radical (unpaired) electrons. The maximum absolute atomic E-state index is 11.8. The number of carbonyl (C=O) groups is 1. The Labute approximate surface area is 114 Å². The second-order valence-electron chi connectivity index (χ2n) is 4.46. The molecule has 1 atom stereocenters. The lowest BCUT2D eigenvalue weighted by Crippen LogP contribution is -2.13. The lowest BCUT2D eigenvalue weighted by atomic mass is 10.2. The number of rotatable bonds is 6. The van der Waals surface area contributed by atoms with E-state index in [1.54, 1.807) is 6.07 Å². The molecule has 0 aromatic heterocycles. The van der Waals surface area contributed by atoms with Crippen LogP contribution in [-0.4, -0.2) is 16.9 Å². The van der Waals surface area contributed by atoms with Crippen molar-refractivity contribution in [1.29, 1.82) is 0 Å². The van der Waals surface area contributed by atoms with Gasteiger partial charge in [-0.1, -0.05) is 13.8 Å². The van der Waals surface area contributed by atoms with E-state index in [1.165, 1.54) is 0 Å². The first-order valence-electron chi connectivity index (χ1n) is 6.30. The maximum Gasteiger partial charge on any atom is 0.225 e. The summed E-state index contributed by atoms with van der Waals surface area (Å²) in [5.74, 6) is 0.938. The number of anilines is 2. The van der Waals surface area contributed by atoms with Crippen molar-refractivity contribution in [2.24, 2.45) is 0 Å².